The first kappa shape index (κ1) is 24.2. The van der Waals surface area contributed by atoms with Crippen molar-refractivity contribution in [3.63, 3.8) is 0 Å². The third kappa shape index (κ3) is 5.43. The molecule has 4 rings (SSSR count). The van der Waals surface area contributed by atoms with E-state index in [0.29, 0.717) is 22.5 Å². The van der Waals surface area contributed by atoms with Crippen LogP contribution in [-0.4, -0.2) is 10.9 Å². The van der Waals surface area contributed by atoms with Gasteiger partial charge in [0.15, 0.2) is 0 Å². The van der Waals surface area contributed by atoms with Crippen LogP contribution in [0.1, 0.15) is 44.0 Å². The molecule has 35 heavy (non-hydrogen) atoms. The van der Waals surface area contributed by atoms with Crippen molar-refractivity contribution in [2.45, 2.75) is 32.0 Å². The van der Waals surface area contributed by atoms with Crippen molar-refractivity contribution in [1.29, 1.82) is 0 Å². The molecule has 4 aromatic rings. The van der Waals surface area contributed by atoms with Crippen LogP contribution in [0.5, 0.6) is 0 Å². The summed E-state index contributed by atoms with van der Waals surface area (Å²) in [6, 6.07) is 26.9. The molecule has 178 valence electrons. The lowest BCUT2D eigenvalue weighted by molar-refractivity contribution is -0.137. The Balaban J connectivity index is 1.96. The highest BCUT2D eigenvalue weighted by Crippen LogP contribution is 2.37. The average Bonchev–Trinajstić information content (AvgIpc) is 2.84. The minimum Gasteiger partial charge on any atom is -0.337 e. The molecule has 3 nitrogen and oxygen atoms in total. The number of hydrogen-bond donors (Lipinski definition) is 1. The van der Waals surface area contributed by atoms with E-state index in [-0.39, 0.29) is 6.42 Å². The number of halogens is 3. The van der Waals surface area contributed by atoms with Gasteiger partial charge in [0.1, 0.15) is 5.54 Å². The summed E-state index contributed by atoms with van der Waals surface area (Å²) in [5, 5.41) is 3.09. The number of rotatable bonds is 6. The summed E-state index contributed by atoms with van der Waals surface area (Å²) in [4.78, 5) is 18.2. The van der Waals surface area contributed by atoms with Crippen LogP contribution in [0.25, 0.3) is 0 Å². The van der Waals surface area contributed by atoms with E-state index in [2.05, 4.69) is 10.3 Å². The highest BCUT2D eigenvalue weighted by atomic mass is 19.4. The van der Waals surface area contributed by atoms with Crippen molar-refractivity contribution in [1.82, 2.24) is 10.3 Å². The quantitative estimate of drug-likeness (QED) is 0.341. The molecule has 1 heterocycles. The molecule has 0 spiro atoms. The van der Waals surface area contributed by atoms with E-state index in [4.69, 9.17) is 0 Å². The predicted molar refractivity (Wildman–Crippen MR) is 130 cm³/mol. The number of carbonyl (C=O) groups excluding carboxylic acids is 1. The van der Waals surface area contributed by atoms with Crippen molar-refractivity contribution < 1.29 is 18.0 Å². The lowest BCUT2D eigenvalue weighted by atomic mass is 9.79. The van der Waals surface area contributed by atoms with E-state index < -0.39 is 23.2 Å². The van der Waals surface area contributed by atoms with Crippen LogP contribution in [0.4, 0.5) is 13.2 Å². The molecule has 1 N–H and O–H groups in total. The molecule has 0 saturated heterocycles. The van der Waals surface area contributed by atoms with E-state index in [1.54, 1.807) is 36.4 Å². The number of aromatic nitrogens is 1. The van der Waals surface area contributed by atoms with Gasteiger partial charge in [0.2, 0.25) is 0 Å². The number of aryl methyl sites for hydroxylation is 2. The first-order valence-corrected chi connectivity index (χ1v) is 11.2. The molecule has 6 heteroatoms. The van der Waals surface area contributed by atoms with Crippen LogP contribution in [-0.2, 0) is 18.1 Å². The standard InChI is InChI=1S/C29H25F3N2O/c1-20-9-6-13-23(17-20)27(35)34-28(19-22-11-4-3-5-12-22,26-16-7-10-21(2)33-26)24-14-8-15-25(18-24)29(30,31)32/h3-18H,19H2,1-2H3,(H,34,35). The van der Waals surface area contributed by atoms with E-state index in [1.807, 2.05) is 56.3 Å². The molecule has 0 fully saturated rings. The van der Waals surface area contributed by atoms with Crippen LogP contribution in [0.15, 0.2) is 97.1 Å². The molecule has 1 aromatic heterocycles. The second-order valence-corrected chi connectivity index (χ2v) is 8.63. The molecule has 0 aliphatic heterocycles. The van der Waals surface area contributed by atoms with E-state index in [1.165, 1.54) is 6.07 Å². The minimum absolute atomic E-state index is 0.211. The van der Waals surface area contributed by atoms with E-state index in [0.717, 1.165) is 23.3 Å². The highest BCUT2D eigenvalue weighted by molar-refractivity contribution is 5.95. The summed E-state index contributed by atoms with van der Waals surface area (Å²) < 4.78 is 41.2. The highest BCUT2D eigenvalue weighted by Gasteiger charge is 2.40. The van der Waals surface area contributed by atoms with Crippen LogP contribution < -0.4 is 5.32 Å². The SMILES string of the molecule is Cc1cccc(C(=O)NC(Cc2ccccc2)(c2cccc(C(F)(F)F)c2)c2cccc(C)n2)c1. The molecule has 1 atom stereocenters. The van der Waals surface area contributed by atoms with E-state index >= 15 is 0 Å². The smallest absolute Gasteiger partial charge is 0.337 e. The number of nitrogens with zero attached hydrogens (tertiary/aromatic N) is 1. The van der Waals surface area contributed by atoms with Gasteiger partial charge in [0, 0.05) is 17.7 Å². The van der Waals surface area contributed by atoms with Crippen molar-refractivity contribution in [3.05, 3.63) is 136 Å². The van der Waals surface area contributed by atoms with E-state index in [9.17, 15) is 18.0 Å². The Morgan fingerprint density at radius 1 is 0.800 bits per heavy atom. The summed E-state index contributed by atoms with van der Waals surface area (Å²) >= 11 is 0. The Kier molecular flexibility index (Phi) is 6.74. The lowest BCUT2D eigenvalue weighted by Crippen LogP contribution is -2.49. The Labute approximate surface area is 202 Å². The molecule has 0 radical (unpaired) electrons. The maximum absolute atomic E-state index is 13.7. The van der Waals surface area contributed by atoms with Gasteiger partial charge in [-0.15, -0.1) is 0 Å². The Morgan fingerprint density at radius 3 is 2.17 bits per heavy atom. The first-order valence-electron chi connectivity index (χ1n) is 11.2. The molecule has 0 saturated carbocycles. The van der Waals surface area contributed by atoms with Gasteiger partial charge in [0.05, 0.1) is 11.3 Å². The molecule has 1 unspecified atom stereocenters. The van der Waals surface area contributed by atoms with Gasteiger partial charge in [0.25, 0.3) is 5.91 Å². The summed E-state index contributed by atoms with van der Waals surface area (Å²) in [7, 11) is 0. The molecular formula is C29H25F3N2O. The van der Waals surface area contributed by atoms with Crippen molar-refractivity contribution in [2.24, 2.45) is 0 Å². The summed E-state index contributed by atoms with van der Waals surface area (Å²) in [6.07, 6.45) is -4.32. The number of pyridine rings is 1. The predicted octanol–water partition coefficient (Wildman–Crippen LogP) is 6.63. The molecule has 0 aliphatic carbocycles. The average molecular weight is 475 g/mol. The zero-order valence-electron chi connectivity index (χ0n) is 19.4. The zero-order chi connectivity index (χ0) is 25.1. The summed E-state index contributed by atoms with van der Waals surface area (Å²) in [6.45, 7) is 3.69. The van der Waals surface area contributed by atoms with Gasteiger partial charge in [-0.05, 0) is 61.4 Å². The van der Waals surface area contributed by atoms with Crippen LogP contribution >= 0.6 is 0 Å². The van der Waals surface area contributed by atoms with Gasteiger partial charge in [-0.1, -0.05) is 66.2 Å². The molecule has 3 aromatic carbocycles. The lowest BCUT2D eigenvalue weighted by Gasteiger charge is -2.36. The number of nitrogens with one attached hydrogen (secondary N) is 1. The fourth-order valence-corrected chi connectivity index (χ4v) is 4.22. The van der Waals surface area contributed by atoms with Gasteiger partial charge < -0.3 is 5.32 Å². The number of amides is 1. The monoisotopic (exact) mass is 474 g/mol. The fourth-order valence-electron chi connectivity index (χ4n) is 4.22. The van der Waals surface area contributed by atoms with Gasteiger partial charge in [-0.3, -0.25) is 9.78 Å². The molecular weight excluding hydrogens is 449 g/mol. The molecule has 1 amide bonds. The van der Waals surface area contributed by atoms with Crippen molar-refractivity contribution in [3.8, 4) is 0 Å². The third-order valence-electron chi connectivity index (χ3n) is 5.93. The molecule has 0 bridgehead atoms. The number of alkyl halides is 3. The second-order valence-electron chi connectivity index (χ2n) is 8.63. The largest absolute Gasteiger partial charge is 0.416 e. The minimum atomic E-state index is -4.53. The second kappa shape index (κ2) is 9.74. The van der Waals surface area contributed by atoms with Gasteiger partial charge in [-0.25, -0.2) is 0 Å². The fraction of sp³-hybridized carbons (Fsp3) is 0.172. The van der Waals surface area contributed by atoms with Crippen LogP contribution in [0.2, 0.25) is 0 Å². The summed E-state index contributed by atoms with van der Waals surface area (Å²) in [5.74, 6) is -0.398. The topological polar surface area (TPSA) is 42.0 Å². The first-order chi connectivity index (χ1) is 16.7. The normalized spacial score (nSPS) is 13.2. The number of carbonyl (C=O) groups is 1. The molecule has 0 aliphatic rings. The van der Waals surface area contributed by atoms with Gasteiger partial charge in [-0.2, -0.15) is 13.2 Å². The van der Waals surface area contributed by atoms with Crippen molar-refractivity contribution in [2.75, 3.05) is 0 Å². The number of hydrogen-bond acceptors (Lipinski definition) is 2. The van der Waals surface area contributed by atoms with Crippen LogP contribution in [0.3, 0.4) is 0 Å². The van der Waals surface area contributed by atoms with Crippen molar-refractivity contribution >= 4 is 5.91 Å². The van der Waals surface area contributed by atoms with Crippen LogP contribution in [0, 0.1) is 13.8 Å². The Morgan fingerprint density at radius 2 is 1.49 bits per heavy atom. The summed E-state index contributed by atoms with van der Waals surface area (Å²) in [5.41, 5.74) is 1.48. The Hall–Kier alpha value is -3.93. The maximum Gasteiger partial charge on any atom is 0.416 e. The maximum atomic E-state index is 13.7. The van der Waals surface area contributed by atoms with Gasteiger partial charge >= 0.3 is 6.18 Å². The zero-order valence-corrected chi connectivity index (χ0v) is 19.4. The Bertz CT molecular complexity index is 1340. The third-order valence-corrected chi connectivity index (χ3v) is 5.93. The number of benzene rings is 3.